The van der Waals surface area contributed by atoms with Crippen molar-refractivity contribution in [2.24, 2.45) is 0 Å². The van der Waals surface area contributed by atoms with Gasteiger partial charge in [0.1, 0.15) is 11.6 Å². The van der Waals surface area contributed by atoms with Crippen LogP contribution in [0.4, 0.5) is 8.78 Å². The van der Waals surface area contributed by atoms with E-state index in [-0.39, 0.29) is 6.04 Å². The molecule has 1 N–H and O–H groups in total. The van der Waals surface area contributed by atoms with E-state index in [0.29, 0.717) is 12.1 Å². The van der Waals surface area contributed by atoms with E-state index in [1.807, 2.05) is 17.8 Å². The van der Waals surface area contributed by atoms with E-state index in [4.69, 9.17) is 0 Å². The van der Waals surface area contributed by atoms with Gasteiger partial charge in [-0.2, -0.15) is 5.10 Å². The molecule has 0 aliphatic carbocycles. The van der Waals surface area contributed by atoms with Crippen molar-refractivity contribution in [3.63, 3.8) is 0 Å². The molecule has 0 aliphatic heterocycles. The van der Waals surface area contributed by atoms with Gasteiger partial charge in [0, 0.05) is 29.9 Å². The minimum absolute atomic E-state index is 0.314. The first-order chi connectivity index (χ1) is 9.65. The first-order valence-electron chi connectivity index (χ1n) is 6.86. The molecule has 1 aromatic carbocycles. The van der Waals surface area contributed by atoms with Gasteiger partial charge >= 0.3 is 0 Å². The standard InChI is InChI=1S/C15H19F2N3/c1-3-7-20-10-11(9-19-20)15(18-4-2)13-6-5-12(16)8-14(13)17/h5-6,8-10,15,18H,3-4,7H2,1-2H3. The number of hydrogen-bond acceptors (Lipinski definition) is 2. The Bertz CT molecular complexity index is 566. The van der Waals surface area contributed by atoms with Crippen LogP contribution in [0.5, 0.6) is 0 Å². The molecular weight excluding hydrogens is 260 g/mol. The highest BCUT2D eigenvalue weighted by Gasteiger charge is 2.19. The number of nitrogens with one attached hydrogen (secondary N) is 1. The lowest BCUT2D eigenvalue weighted by molar-refractivity contribution is 0.540. The van der Waals surface area contributed by atoms with Crippen molar-refractivity contribution >= 4 is 0 Å². The van der Waals surface area contributed by atoms with E-state index in [9.17, 15) is 8.78 Å². The van der Waals surface area contributed by atoms with Crippen molar-refractivity contribution in [3.8, 4) is 0 Å². The van der Waals surface area contributed by atoms with Gasteiger partial charge in [0.05, 0.1) is 12.2 Å². The van der Waals surface area contributed by atoms with Gasteiger partial charge in [0.15, 0.2) is 0 Å². The molecule has 1 unspecified atom stereocenters. The SMILES string of the molecule is CCCn1cc(C(NCC)c2ccc(F)cc2F)cn1. The summed E-state index contributed by atoms with van der Waals surface area (Å²) in [5.74, 6) is -1.11. The molecule has 0 saturated heterocycles. The Morgan fingerprint density at radius 2 is 2.10 bits per heavy atom. The van der Waals surface area contributed by atoms with Gasteiger partial charge in [-0.1, -0.05) is 19.9 Å². The molecule has 108 valence electrons. The van der Waals surface area contributed by atoms with Crippen LogP contribution in [0, 0.1) is 11.6 Å². The summed E-state index contributed by atoms with van der Waals surface area (Å²) in [5.41, 5.74) is 1.31. The third kappa shape index (κ3) is 3.22. The van der Waals surface area contributed by atoms with E-state index >= 15 is 0 Å². The predicted molar refractivity (Wildman–Crippen MR) is 74.4 cm³/mol. The average Bonchev–Trinajstić information content (AvgIpc) is 2.86. The quantitative estimate of drug-likeness (QED) is 0.879. The maximum Gasteiger partial charge on any atom is 0.131 e. The lowest BCUT2D eigenvalue weighted by Gasteiger charge is -2.17. The van der Waals surface area contributed by atoms with Crippen molar-refractivity contribution < 1.29 is 8.78 Å². The summed E-state index contributed by atoms with van der Waals surface area (Å²) < 4.78 is 28.8. The Hall–Kier alpha value is -1.75. The van der Waals surface area contributed by atoms with Crippen LogP contribution in [0.3, 0.4) is 0 Å². The number of aryl methyl sites for hydroxylation is 1. The Balaban J connectivity index is 2.34. The highest BCUT2D eigenvalue weighted by molar-refractivity contribution is 5.30. The Kier molecular flexibility index (Phi) is 4.84. The number of rotatable bonds is 6. The molecule has 20 heavy (non-hydrogen) atoms. The fourth-order valence-corrected chi connectivity index (χ4v) is 2.23. The summed E-state index contributed by atoms with van der Waals surface area (Å²) >= 11 is 0. The second kappa shape index (κ2) is 6.61. The van der Waals surface area contributed by atoms with Crippen molar-refractivity contribution in [2.75, 3.05) is 6.54 Å². The smallest absolute Gasteiger partial charge is 0.131 e. The molecule has 1 atom stereocenters. The molecule has 0 spiro atoms. The van der Waals surface area contributed by atoms with E-state index in [1.54, 1.807) is 6.20 Å². The normalized spacial score (nSPS) is 12.6. The lowest BCUT2D eigenvalue weighted by atomic mass is 10.0. The fourth-order valence-electron chi connectivity index (χ4n) is 2.23. The molecule has 5 heteroatoms. The van der Waals surface area contributed by atoms with Gasteiger partial charge in [-0.15, -0.1) is 0 Å². The van der Waals surface area contributed by atoms with Crippen LogP contribution in [0.15, 0.2) is 30.6 Å². The van der Waals surface area contributed by atoms with Crippen molar-refractivity contribution in [2.45, 2.75) is 32.9 Å². The van der Waals surface area contributed by atoms with E-state index in [1.165, 1.54) is 12.1 Å². The molecule has 3 nitrogen and oxygen atoms in total. The highest BCUT2D eigenvalue weighted by atomic mass is 19.1. The first kappa shape index (κ1) is 14.7. The van der Waals surface area contributed by atoms with Gasteiger partial charge in [-0.3, -0.25) is 4.68 Å². The zero-order valence-corrected chi connectivity index (χ0v) is 11.7. The largest absolute Gasteiger partial charge is 0.306 e. The van der Waals surface area contributed by atoms with Gasteiger partial charge in [-0.05, 0) is 19.0 Å². The maximum atomic E-state index is 14.0. The third-order valence-corrected chi connectivity index (χ3v) is 3.12. The zero-order valence-electron chi connectivity index (χ0n) is 11.7. The molecule has 0 amide bonds. The van der Waals surface area contributed by atoms with Gasteiger partial charge in [0.25, 0.3) is 0 Å². The number of benzene rings is 1. The Morgan fingerprint density at radius 3 is 2.75 bits per heavy atom. The topological polar surface area (TPSA) is 29.9 Å². The first-order valence-corrected chi connectivity index (χ1v) is 6.86. The average molecular weight is 279 g/mol. The summed E-state index contributed by atoms with van der Waals surface area (Å²) in [6.45, 7) is 5.53. The molecule has 2 rings (SSSR count). The summed E-state index contributed by atoms with van der Waals surface area (Å²) in [7, 11) is 0. The molecule has 0 aliphatic rings. The molecular formula is C15H19F2N3. The molecule has 0 radical (unpaired) electrons. The molecule has 1 aromatic heterocycles. The molecule has 0 saturated carbocycles. The van der Waals surface area contributed by atoms with Crippen LogP contribution in [-0.4, -0.2) is 16.3 Å². The van der Waals surface area contributed by atoms with Crippen LogP contribution in [0.25, 0.3) is 0 Å². The van der Waals surface area contributed by atoms with Gasteiger partial charge in [0.2, 0.25) is 0 Å². The van der Waals surface area contributed by atoms with Crippen LogP contribution in [-0.2, 0) is 6.54 Å². The second-order valence-corrected chi connectivity index (χ2v) is 4.69. The predicted octanol–water partition coefficient (Wildman–Crippen LogP) is 3.27. The molecule has 0 bridgehead atoms. The highest BCUT2D eigenvalue weighted by Crippen LogP contribution is 2.24. The maximum absolute atomic E-state index is 14.0. The number of halogens is 2. The fraction of sp³-hybridized carbons (Fsp3) is 0.400. The number of hydrogen-bond donors (Lipinski definition) is 1. The zero-order chi connectivity index (χ0) is 14.5. The van der Waals surface area contributed by atoms with Crippen molar-refractivity contribution in [3.05, 3.63) is 53.4 Å². The second-order valence-electron chi connectivity index (χ2n) is 4.69. The van der Waals surface area contributed by atoms with Crippen LogP contribution in [0.2, 0.25) is 0 Å². The van der Waals surface area contributed by atoms with Crippen LogP contribution >= 0.6 is 0 Å². The molecule has 1 heterocycles. The Labute approximate surface area is 117 Å². The summed E-state index contributed by atoms with van der Waals surface area (Å²) in [4.78, 5) is 0. The minimum atomic E-state index is -0.567. The van der Waals surface area contributed by atoms with Crippen molar-refractivity contribution in [1.29, 1.82) is 0 Å². The number of aromatic nitrogens is 2. The van der Waals surface area contributed by atoms with Crippen LogP contribution < -0.4 is 5.32 Å². The van der Waals surface area contributed by atoms with Crippen LogP contribution in [0.1, 0.15) is 37.4 Å². The summed E-state index contributed by atoms with van der Waals surface area (Å²) in [6, 6.07) is 3.36. The van der Waals surface area contributed by atoms with Gasteiger partial charge < -0.3 is 5.32 Å². The number of nitrogens with zero attached hydrogens (tertiary/aromatic N) is 2. The van der Waals surface area contributed by atoms with E-state index in [0.717, 1.165) is 24.6 Å². The van der Waals surface area contributed by atoms with Gasteiger partial charge in [-0.25, -0.2) is 8.78 Å². The van der Waals surface area contributed by atoms with E-state index in [2.05, 4.69) is 17.3 Å². The third-order valence-electron chi connectivity index (χ3n) is 3.12. The van der Waals surface area contributed by atoms with E-state index < -0.39 is 11.6 Å². The Morgan fingerprint density at radius 1 is 1.30 bits per heavy atom. The lowest BCUT2D eigenvalue weighted by Crippen LogP contribution is -2.22. The molecule has 2 aromatic rings. The molecule has 0 fully saturated rings. The monoisotopic (exact) mass is 279 g/mol. The minimum Gasteiger partial charge on any atom is -0.306 e. The summed E-state index contributed by atoms with van der Waals surface area (Å²) in [6.07, 6.45) is 4.61. The summed E-state index contributed by atoms with van der Waals surface area (Å²) in [5, 5.41) is 7.48. The van der Waals surface area contributed by atoms with Crippen molar-refractivity contribution in [1.82, 2.24) is 15.1 Å².